The largest absolute Gasteiger partial charge is 0.492 e. The van der Waals surface area contributed by atoms with Crippen LogP contribution in [0.3, 0.4) is 0 Å². The summed E-state index contributed by atoms with van der Waals surface area (Å²) in [5.41, 5.74) is 7.79. The van der Waals surface area contributed by atoms with E-state index in [0.29, 0.717) is 11.7 Å². The van der Waals surface area contributed by atoms with Crippen LogP contribution < -0.4 is 10.5 Å². The summed E-state index contributed by atoms with van der Waals surface area (Å²) >= 11 is 1.52. The molecule has 0 atom stereocenters. The summed E-state index contributed by atoms with van der Waals surface area (Å²) in [6.45, 7) is 7.31. The Labute approximate surface area is 134 Å². The number of ether oxygens (including phenoxy) is 2. The minimum atomic E-state index is 0.610. The molecule has 1 aliphatic heterocycles. The second-order valence-corrected chi connectivity index (χ2v) is 6.52. The first-order valence-corrected chi connectivity index (χ1v) is 8.30. The quantitative estimate of drug-likeness (QED) is 0.917. The highest BCUT2D eigenvalue weighted by molar-refractivity contribution is 7.15. The Morgan fingerprint density at radius 2 is 2.00 bits per heavy atom. The third kappa shape index (κ3) is 3.76. The maximum Gasteiger partial charge on any atom is 0.180 e. The lowest BCUT2D eigenvalue weighted by Gasteiger charge is -2.26. The van der Waals surface area contributed by atoms with Gasteiger partial charge >= 0.3 is 0 Å². The van der Waals surface area contributed by atoms with E-state index in [0.717, 1.165) is 54.7 Å². The van der Waals surface area contributed by atoms with Gasteiger partial charge in [-0.15, -0.1) is 11.3 Å². The Balaban J connectivity index is 1.54. The Morgan fingerprint density at radius 3 is 2.64 bits per heavy atom. The first-order valence-electron chi connectivity index (χ1n) is 7.48. The van der Waals surface area contributed by atoms with Crippen LogP contribution in [-0.2, 0) is 4.74 Å². The monoisotopic (exact) mass is 319 g/mol. The maximum atomic E-state index is 5.81. The number of nitrogens with two attached hydrogens (primary N) is 1. The van der Waals surface area contributed by atoms with Gasteiger partial charge in [0, 0.05) is 30.1 Å². The van der Waals surface area contributed by atoms with Crippen molar-refractivity contribution in [3.63, 3.8) is 0 Å². The van der Waals surface area contributed by atoms with E-state index in [1.165, 1.54) is 11.3 Å². The Kier molecular flexibility index (Phi) is 4.92. The summed E-state index contributed by atoms with van der Waals surface area (Å²) in [6.07, 6.45) is 0. The molecule has 22 heavy (non-hydrogen) atoms. The summed E-state index contributed by atoms with van der Waals surface area (Å²) < 4.78 is 11.1. The zero-order valence-electron chi connectivity index (χ0n) is 12.7. The molecule has 2 heterocycles. The van der Waals surface area contributed by atoms with Crippen molar-refractivity contribution in [2.75, 3.05) is 45.2 Å². The van der Waals surface area contributed by atoms with Crippen LogP contribution in [0.2, 0.25) is 0 Å². The summed E-state index contributed by atoms with van der Waals surface area (Å²) in [5.74, 6) is 0.887. The van der Waals surface area contributed by atoms with Crippen molar-refractivity contribution < 1.29 is 9.47 Å². The molecule has 1 aromatic carbocycles. The number of anilines is 1. The van der Waals surface area contributed by atoms with Gasteiger partial charge in [-0.3, -0.25) is 4.90 Å². The average Bonchev–Trinajstić information content (AvgIpc) is 2.88. The first kappa shape index (κ1) is 15.3. The van der Waals surface area contributed by atoms with E-state index in [2.05, 4.69) is 9.88 Å². The molecule has 0 amide bonds. The van der Waals surface area contributed by atoms with E-state index in [1.54, 1.807) is 0 Å². The lowest BCUT2D eigenvalue weighted by atomic mass is 10.1. The minimum Gasteiger partial charge on any atom is -0.492 e. The van der Waals surface area contributed by atoms with Crippen LogP contribution in [0.25, 0.3) is 11.3 Å². The van der Waals surface area contributed by atoms with E-state index in [1.807, 2.05) is 31.2 Å². The lowest BCUT2D eigenvalue weighted by Crippen LogP contribution is -2.38. The molecule has 6 heteroatoms. The van der Waals surface area contributed by atoms with E-state index in [-0.39, 0.29) is 0 Å². The van der Waals surface area contributed by atoms with Gasteiger partial charge in [-0.1, -0.05) is 0 Å². The molecule has 0 saturated carbocycles. The van der Waals surface area contributed by atoms with Crippen molar-refractivity contribution in [1.29, 1.82) is 0 Å². The number of morpholine rings is 1. The topological polar surface area (TPSA) is 60.6 Å². The summed E-state index contributed by atoms with van der Waals surface area (Å²) in [4.78, 5) is 7.87. The lowest BCUT2D eigenvalue weighted by molar-refractivity contribution is 0.0322. The number of nitrogens with zero attached hydrogens (tertiary/aromatic N) is 2. The Bertz CT molecular complexity index is 606. The molecule has 1 fully saturated rings. The number of rotatable bonds is 5. The highest BCUT2D eigenvalue weighted by Crippen LogP contribution is 2.29. The molecule has 118 valence electrons. The van der Waals surface area contributed by atoms with Crippen LogP contribution in [0.15, 0.2) is 24.3 Å². The van der Waals surface area contributed by atoms with Gasteiger partial charge in [0.05, 0.1) is 18.9 Å². The molecule has 1 aliphatic rings. The highest BCUT2D eigenvalue weighted by atomic mass is 32.1. The smallest absolute Gasteiger partial charge is 0.180 e. The summed E-state index contributed by atoms with van der Waals surface area (Å²) in [5, 5.41) is 0.610. The molecule has 1 saturated heterocycles. The van der Waals surface area contributed by atoms with Crippen molar-refractivity contribution in [2.24, 2.45) is 0 Å². The molecule has 0 unspecified atom stereocenters. The number of nitrogen functional groups attached to an aromatic ring is 1. The molecule has 5 nitrogen and oxygen atoms in total. The highest BCUT2D eigenvalue weighted by Gasteiger charge is 2.10. The maximum absolute atomic E-state index is 5.81. The zero-order valence-corrected chi connectivity index (χ0v) is 13.6. The Hall–Kier alpha value is -1.63. The number of aryl methyl sites for hydroxylation is 1. The van der Waals surface area contributed by atoms with Gasteiger partial charge in [0.2, 0.25) is 0 Å². The van der Waals surface area contributed by atoms with E-state index < -0.39 is 0 Å². The van der Waals surface area contributed by atoms with Gasteiger partial charge in [-0.2, -0.15) is 0 Å². The van der Waals surface area contributed by atoms with E-state index >= 15 is 0 Å². The molecular weight excluding hydrogens is 298 g/mol. The van der Waals surface area contributed by atoms with Crippen LogP contribution >= 0.6 is 11.3 Å². The minimum absolute atomic E-state index is 0.610. The predicted molar refractivity (Wildman–Crippen MR) is 89.5 cm³/mol. The molecule has 0 radical (unpaired) electrons. The second kappa shape index (κ2) is 7.09. The number of thiazole rings is 1. The second-order valence-electron chi connectivity index (χ2n) is 5.28. The average molecular weight is 319 g/mol. The van der Waals surface area contributed by atoms with Crippen LogP contribution in [-0.4, -0.2) is 49.3 Å². The van der Waals surface area contributed by atoms with Gasteiger partial charge in [0.15, 0.2) is 5.13 Å². The molecule has 0 bridgehead atoms. The molecule has 2 aromatic rings. The fourth-order valence-electron chi connectivity index (χ4n) is 2.51. The van der Waals surface area contributed by atoms with Gasteiger partial charge in [-0.05, 0) is 31.2 Å². The number of hydrogen-bond donors (Lipinski definition) is 1. The van der Waals surface area contributed by atoms with Crippen molar-refractivity contribution >= 4 is 16.5 Å². The van der Waals surface area contributed by atoms with Crippen LogP contribution in [0.1, 0.15) is 4.88 Å². The van der Waals surface area contributed by atoms with E-state index in [4.69, 9.17) is 15.2 Å². The standard InChI is InChI=1S/C16H21N3O2S/c1-12-15(18-16(17)22-12)13-2-4-14(5-3-13)21-11-8-19-6-9-20-10-7-19/h2-5H,6-11H2,1H3,(H2,17,18). The van der Waals surface area contributed by atoms with Gasteiger partial charge < -0.3 is 15.2 Å². The number of aromatic nitrogens is 1. The molecular formula is C16H21N3O2S. The molecule has 3 rings (SSSR count). The Morgan fingerprint density at radius 1 is 1.27 bits per heavy atom. The molecule has 0 aliphatic carbocycles. The number of benzene rings is 1. The SMILES string of the molecule is Cc1sc(N)nc1-c1ccc(OCCN2CCOCC2)cc1. The van der Waals surface area contributed by atoms with Gasteiger partial charge in [0.1, 0.15) is 12.4 Å². The van der Waals surface area contributed by atoms with Crippen molar-refractivity contribution in [2.45, 2.75) is 6.92 Å². The van der Waals surface area contributed by atoms with Gasteiger partial charge in [-0.25, -0.2) is 4.98 Å². The van der Waals surface area contributed by atoms with E-state index in [9.17, 15) is 0 Å². The van der Waals surface area contributed by atoms with Crippen molar-refractivity contribution in [3.05, 3.63) is 29.1 Å². The molecule has 0 spiro atoms. The predicted octanol–water partition coefficient (Wildman–Crippen LogP) is 2.41. The molecule has 2 N–H and O–H groups in total. The molecule has 1 aromatic heterocycles. The summed E-state index contributed by atoms with van der Waals surface area (Å²) in [6, 6.07) is 8.05. The van der Waals surface area contributed by atoms with Crippen LogP contribution in [0, 0.1) is 6.92 Å². The van der Waals surface area contributed by atoms with Crippen LogP contribution in [0.4, 0.5) is 5.13 Å². The number of hydrogen-bond acceptors (Lipinski definition) is 6. The third-order valence-corrected chi connectivity index (χ3v) is 4.52. The first-order chi connectivity index (χ1) is 10.7. The van der Waals surface area contributed by atoms with Crippen molar-refractivity contribution in [1.82, 2.24) is 9.88 Å². The third-order valence-electron chi connectivity index (χ3n) is 3.72. The normalized spacial score (nSPS) is 15.9. The summed E-state index contributed by atoms with van der Waals surface area (Å²) in [7, 11) is 0. The fraction of sp³-hybridized carbons (Fsp3) is 0.438. The van der Waals surface area contributed by atoms with Crippen LogP contribution in [0.5, 0.6) is 5.75 Å². The zero-order chi connectivity index (χ0) is 15.4. The van der Waals surface area contributed by atoms with Gasteiger partial charge in [0.25, 0.3) is 0 Å². The fourth-order valence-corrected chi connectivity index (χ4v) is 3.22. The van der Waals surface area contributed by atoms with Crippen molar-refractivity contribution in [3.8, 4) is 17.0 Å².